The predicted octanol–water partition coefficient (Wildman–Crippen LogP) is 2.34. The van der Waals surface area contributed by atoms with Crippen LogP contribution in [0.2, 0.25) is 0 Å². The van der Waals surface area contributed by atoms with Gasteiger partial charge in [-0.25, -0.2) is 0 Å². The van der Waals surface area contributed by atoms with Gasteiger partial charge in [0.05, 0.1) is 18.2 Å². The molecule has 0 spiro atoms. The molecule has 0 aliphatic heterocycles. The summed E-state index contributed by atoms with van der Waals surface area (Å²) in [5, 5.41) is 6.45. The number of H-pyrrole nitrogens is 1. The zero-order valence-corrected chi connectivity index (χ0v) is 13.8. The lowest BCUT2D eigenvalue weighted by atomic mass is 10.1. The molecule has 0 bridgehead atoms. The number of rotatable bonds is 6. The molecule has 0 aliphatic carbocycles. The van der Waals surface area contributed by atoms with E-state index in [-0.39, 0.29) is 11.8 Å². The van der Waals surface area contributed by atoms with Crippen LogP contribution in [0, 0.1) is 0 Å². The third kappa shape index (κ3) is 3.63. The number of carbonyl (C=O) groups excluding carboxylic acids is 2. The highest BCUT2D eigenvalue weighted by atomic mass is 16.5. The molecule has 3 aromatic rings. The smallest absolute Gasteiger partial charge is 0.255 e. The third-order valence-electron chi connectivity index (χ3n) is 3.88. The Morgan fingerprint density at radius 1 is 0.920 bits per heavy atom. The van der Waals surface area contributed by atoms with Crippen LogP contribution in [-0.2, 0) is 0 Å². The first kappa shape index (κ1) is 16.6. The average Bonchev–Trinajstić information content (AvgIpc) is 3.09. The summed E-state index contributed by atoms with van der Waals surface area (Å²) in [6.45, 7) is 0.657. The molecule has 0 saturated heterocycles. The quantitative estimate of drug-likeness (QED) is 0.604. The standard InChI is InChI=1S/C19H19N3O3/c1-25-17-9-5-3-7-14(17)18(23)20-10-11-21-19(24)15-12-22-16-8-4-2-6-13(15)16/h2-9,12,22H,10-11H2,1H3,(H,20,23)(H,21,24). The van der Waals surface area contributed by atoms with Crippen molar-refractivity contribution in [3.8, 4) is 5.75 Å². The van der Waals surface area contributed by atoms with Crippen LogP contribution >= 0.6 is 0 Å². The van der Waals surface area contributed by atoms with Gasteiger partial charge in [-0.2, -0.15) is 0 Å². The summed E-state index contributed by atoms with van der Waals surface area (Å²) in [4.78, 5) is 27.5. The summed E-state index contributed by atoms with van der Waals surface area (Å²) in [5.41, 5.74) is 1.97. The summed E-state index contributed by atoms with van der Waals surface area (Å²) < 4.78 is 5.17. The molecule has 128 valence electrons. The van der Waals surface area contributed by atoms with Crippen molar-refractivity contribution in [1.29, 1.82) is 0 Å². The van der Waals surface area contributed by atoms with Crippen molar-refractivity contribution >= 4 is 22.7 Å². The Morgan fingerprint density at radius 3 is 2.32 bits per heavy atom. The summed E-state index contributed by atoms with van der Waals surface area (Å²) >= 11 is 0. The summed E-state index contributed by atoms with van der Waals surface area (Å²) in [5.74, 6) is 0.102. The Bertz CT molecular complexity index is 902. The number of carbonyl (C=O) groups is 2. The van der Waals surface area contributed by atoms with Gasteiger partial charge in [0, 0.05) is 30.2 Å². The number of amides is 2. The molecular weight excluding hydrogens is 318 g/mol. The summed E-state index contributed by atoms with van der Waals surface area (Å²) in [6, 6.07) is 14.6. The van der Waals surface area contributed by atoms with Gasteiger partial charge in [0.15, 0.2) is 0 Å². The number of aromatic amines is 1. The number of para-hydroxylation sites is 2. The van der Waals surface area contributed by atoms with E-state index >= 15 is 0 Å². The molecule has 3 rings (SSSR count). The number of hydrogen-bond donors (Lipinski definition) is 3. The Hall–Kier alpha value is -3.28. The van der Waals surface area contributed by atoms with E-state index in [1.807, 2.05) is 24.3 Å². The van der Waals surface area contributed by atoms with E-state index in [9.17, 15) is 9.59 Å². The Morgan fingerprint density at radius 2 is 1.56 bits per heavy atom. The van der Waals surface area contributed by atoms with E-state index in [1.165, 1.54) is 7.11 Å². The van der Waals surface area contributed by atoms with Crippen molar-refractivity contribution in [2.24, 2.45) is 0 Å². The van der Waals surface area contributed by atoms with Crippen molar-refractivity contribution in [3.05, 3.63) is 65.9 Å². The number of benzene rings is 2. The van der Waals surface area contributed by atoms with Crippen LogP contribution in [0.4, 0.5) is 0 Å². The topological polar surface area (TPSA) is 83.2 Å². The van der Waals surface area contributed by atoms with Crippen molar-refractivity contribution in [1.82, 2.24) is 15.6 Å². The maximum Gasteiger partial charge on any atom is 0.255 e. The van der Waals surface area contributed by atoms with Crippen LogP contribution in [0.3, 0.4) is 0 Å². The fourth-order valence-electron chi connectivity index (χ4n) is 2.63. The molecule has 6 heteroatoms. The second-order valence-electron chi connectivity index (χ2n) is 5.46. The van der Waals surface area contributed by atoms with Gasteiger partial charge in [0.2, 0.25) is 0 Å². The Kier molecular flexibility index (Phi) is 4.99. The van der Waals surface area contributed by atoms with Crippen molar-refractivity contribution in [2.45, 2.75) is 0 Å². The number of methoxy groups -OCH3 is 1. The molecule has 0 radical (unpaired) electrons. The fraction of sp³-hybridized carbons (Fsp3) is 0.158. The SMILES string of the molecule is COc1ccccc1C(=O)NCCNC(=O)c1c[nH]c2ccccc12. The zero-order valence-electron chi connectivity index (χ0n) is 13.8. The lowest BCUT2D eigenvalue weighted by Crippen LogP contribution is -2.34. The molecule has 2 amide bonds. The first-order chi connectivity index (χ1) is 12.2. The lowest BCUT2D eigenvalue weighted by Gasteiger charge is -2.09. The van der Waals surface area contributed by atoms with Gasteiger partial charge in [-0.05, 0) is 18.2 Å². The van der Waals surface area contributed by atoms with Gasteiger partial charge < -0.3 is 20.4 Å². The average molecular weight is 337 g/mol. The fourth-order valence-corrected chi connectivity index (χ4v) is 2.63. The molecule has 1 aromatic heterocycles. The lowest BCUT2D eigenvalue weighted by molar-refractivity contribution is 0.0926. The van der Waals surface area contributed by atoms with Gasteiger partial charge in [0.1, 0.15) is 5.75 Å². The summed E-state index contributed by atoms with van der Waals surface area (Å²) in [7, 11) is 1.52. The molecule has 0 aliphatic rings. The van der Waals surface area contributed by atoms with E-state index in [0.717, 1.165) is 10.9 Å². The predicted molar refractivity (Wildman–Crippen MR) is 96.0 cm³/mol. The highest BCUT2D eigenvalue weighted by Gasteiger charge is 2.12. The van der Waals surface area contributed by atoms with Crippen LogP contribution in [0.1, 0.15) is 20.7 Å². The van der Waals surface area contributed by atoms with E-state index in [1.54, 1.807) is 30.5 Å². The molecule has 0 unspecified atom stereocenters. The number of hydrogen-bond acceptors (Lipinski definition) is 3. The van der Waals surface area contributed by atoms with Gasteiger partial charge in [-0.15, -0.1) is 0 Å². The van der Waals surface area contributed by atoms with Crippen LogP contribution in [-0.4, -0.2) is 37.0 Å². The monoisotopic (exact) mass is 337 g/mol. The number of nitrogens with one attached hydrogen (secondary N) is 3. The molecule has 6 nitrogen and oxygen atoms in total. The zero-order chi connectivity index (χ0) is 17.6. The van der Waals surface area contributed by atoms with Gasteiger partial charge in [-0.3, -0.25) is 9.59 Å². The maximum absolute atomic E-state index is 12.3. The van der Waals surface area contributed by atoms with Gasteiger partial charge in [0.25, 0.3) is 11.8 Å². The molecule has 0 saturated carbocycles. The molecule has 25 heavy (non-hydrogen) atoms. The van der Waals surface area contributed by atoms with Crippen LogP contribution in [0.15, 0.2) is 54.7 Å². The minimum Gasteiger partial charge on any atom is -0.496 e. The molecule has 0 fully saturated rings. The van der Waals surface area contributed by atoms with Crippen molar-refractivity contribution in [3.63, 3.8) is 0 Å². The number of ether oxygens (including phenoxy) is 1. The largest absolute Gasteiger partial charge is 0.496 e. The van der Waals surface area contributed by atoms with Crippen molar-refractivity contribution < 1.29 is 14.3 Å². The third-order valence-corrected chi connectivity index (χ3v) is 3.88. The minimum atomic E-state index is -0.237. The number of fused-ring (bicyclic) bond motifs is 1. The highest BCUT2D eigenvalue weighted by Crippen LogP contribution is 2.18. The first-order valence-corrected chi connectivity index (χ1v) is 7.96. The first-order valence-electron chi connectivity index (χ1n) is 7.96. The minimum absolute atomic E-state index is 0.177. The van der Waals surface area contributed by atoms with Crippen LogP contribution < -0.4 is 15.4 Å². The van der Waals surface area contributed by atoms with E-state index in [2.05, 4.69) is 15.6 Å². The van der Waals surface area contributed by atoms with Crippen LogP contribution in [0.25, 0.3) is 10.9 Å². The summed E-state index contributed by atoms with van der Waals surface area (Å²) in [6.07, 6.45) is 1.69. The maximum atomic E-state index is 12.3. The van der Waals surface area contributed by atoms with Gasteiger partial charge >= 0.3 is 0 Å². The normalized spacial score (nSPS) is 10.4. The van der Waals surface area contributed by atoms with Crippen molar-refractivity contribution in [2.75, 3.05) is 20.2 Å². The molecular formula is C19H19N3O3. The van der Waals surface area contributed by atoms with E-state index in [4.69, 9.17) is 4.74 Å². The Balaban J connectivity index is 1.53. The van der Waals surface area contributed by atoms with Gasteiger partial charge in [-0.1, -0.05) is 30.3 Å². The molecule has 0 atom stereocenters. The van der Waals surface area contributed by atoms with E-state index < -0.39 is 0 Å². The molecule has 1 heterocycles. The Labute approximate surface area is 145 Å². The van der Waals surface area contributed by atoms with Crippen LogP contribution in [0.5, 0.6) is 5.75 Å². The second kappa shape index (κ2) is 7.53. The van der Waals surface area contributed by atoms with E-state index in [0.29, 0.717) is 30.0 Å². The highest BCUT2D eigenvalue weighted by molar-refractivity contribution is 6.06. The number of aromatic nitrogens is 1. The second-order valence-corrected chi connectivity index (χ2v) is 5.46. The molecule has 3 N–H and O–H groups in total. The molecule has 2 aromatic carbocycles.